The molecule has 1 aliphatic rings. The molecule has 1 fully saturated rings. The van der Waals surface area contributed by atoms with E-state index in [-0.39, 0.29) is 5.82 Å². The van der Waals surface area contributed by atoms with Crippen LogP contribution >= 0.6 is 0 Å². The van der Waals surface area contributed by atoms with Crippen LogP contribution in [0.25, 0.3) is 0 Å². The Labute approximate surface area is 107 Å². The highest BCUT2D eigenvalue weighted by molar-refractivity contribution is 5.52. The van der Waals surface area contributed by atoms with E-state index in [2.05, 4.69) is 23.6 Å². The second-order valence-corrected chi connectivity index (χ2v) is 4.93. The molecule has 1 aromatic rings. The fourth-order valence-electron chi connectivity index (χ4n) is 2.32. The third kappa shape index (κ3) is 2.80. The summed E-state index contributed by atoms with van der Waals surface area (Å²) in [6.07, 6.45) is 0. The van der Waals surface area contributed by atoms with Crippen LogP contribution in [0.1, 0.15) is 19.4 Å². The minimum atomic E-state index is -0.338. The maximum Gasteiger partial charge on any atom is 0.126 e. The van der Waals surface area contributed by atoms with Gasteiger partial charge in [0.05, 0.1) is 11.6 Å². The third-order valence-corrected chi connectivity index (χ3v) is 3.42. The Kier molecular flexibility index (Phi) is 3.83. The molecule has 0 aromatic heterocycles. The molecule has 0 atom stereocenters. The molecule has 0 unspecified atom stereocenters. The van der Waals surface area contributed by atoms with E-state index in [0.717, 1.165) is 31.9 Å². The lowest BCUT2D eigenvalue weighted by molar-refractivity contribution is 0.209. The molecule has 0 N–H and O–H groups in total. The number of hydrogen-bond acceptors (Lipinski definition) is 3. The van der Waals surface area contributed by atoms with E-state index in [1.807, 2.05) is 6.07 Å². The number of benzene rings is 1. The van der Waals surface area contributed by atoms with Crippen molar-refractivity contribution in [3.05, 3.63) is 29.6 Å². The highest BCUT2D eigenvalue weighted by atomic mass is 19.1. The molecule has 1 heterocycles. The standard InChI is InChI=1S/C14H18FN3/c1-11(2)17-3-5-18(6-4-17)14-8-12(10-16)7-13(15)9-14/h7-9,11H,3-6H2,1-2H3. The molecular formula is C14H18FN3. The normalized spacial score (nSPS) is 16.9. The van der Waals surface area contributed by atoms with Gasteiger partial charge in [-0.15, -0.1) is 0 Å². The first-order chi connectivity index (χ1) is 8.60. The lowest BCUT2D eigenvalue weighted by atomic mass is 10.1. The number of piperazine rings is 1. The minimum absolute atomic E-state index is 0.338. The smallest absolute Gasteiger partial charge is 0.126 e. The second kappa shape index (κ2) is 5.36. The molecule has 0 saturated carbocycles. The number of rotatable bonds is 2. The molecule has 0 aliphatic carbocycles. The van der Waals surface area contributed by atoms with Crippen LogP contribution in [-0.4, -0.2) is 37.1 Å². The van der Waals surface area contributed by atoms with E-state index in [0.29, 0.717) is 11.6 Å². The predicted octanol–water partition coefficient (Wildman–Crippen LogP) is 2.23. The summed E-state index contributed by atoms with van der Waals surface area (Å²) in [5.74, 6) is -0.338. The van der Waals surface area contributed by atoms with Crippen molar-refractivity contribution in [1.29, 1.82) is 5.26 Å². The van der Waals surface area contributed by atoms with Gasteiger partial charge in [0.25, 0.3) is 0 Å². The van der Waals surface area contributed by atoms with Gasteiger partial charge in [-0.25, -0.2) is 4.39 Å². The van der Waals surface area contributed by atoms with Crippen LogP contribution in [0.5, 0.6) is 0 Å². The van der Waals surface area contributed by atoms with Gasteiger partial charge in [0.15, 0.2) is 0 Å². The summed E-state index contributed by atoms with van der Waals surface area (Å²) in [4.78, 5) is 4.55. The first-order valence-corrected chi connectivity index (χ1v) is 6.30. The van der Waals surface area contributed by atoms with Crippen LogP contribution in [0.2, 0.25) is 0 Å². The molecule has 0 amide bonds. The monoisotopic (exact) mass is 247 g/mol. The molecule has 1 aliphatic heterocycles. The molecule has 0 bridgehead atoms. The number of hydrogen-bond donors (Lipinski definition) is 0. The van der Waals surface area contributed by atoms with Crippen LogP contribution in [0, 0.1) is 17.1 Å². The number of nitrogens with zero attached hydrogens (tertiary/aromatic N) is 3. The summed E-state index contributed by atoms with van der Waals surface area (Å²) in [5, 5.41) is 8.86. The van der Waals surface area contributed by atoms with Crippen LogP contribution in [0.15, 0.2) is 18.2 Å². The Bertz CT molecular complexity index is 457. The summed E-state index contributed by atoms with van der Waals surface area (Å²) in [7, 11) is 0. The van der Waals surface area contributed by atoms with Crippen LogP contribution in [-0.2, 0) is 0 Å². The Morgan fingerprint density at radius 1 is 1.17 bits per heavy atom. The SMILES string of the molecule is CC(C)N1CCN(c2cc(F)cc(C#N)c2)CC1. The Hall–Kier alpha value is -1.60. The molecule has 4 heteroatoms. The molecule has 1 saturated heterocycles. The van der Waals surface area contributed by atoms with Crippen molar-refractivity contribution in [3.63, 3.8) is 0 Å². The van der Waals surface area contributed by atoms with Crippen molar-refractivity contribution in [2.24, 2.45) is 0 Å². The zero-order chi connectivity index (χ0) is 13.1. The highest BCUT2D eigenvalue weighted by Crippen LogP contribution is 2.20. The average Bonchev–Trinajstić information content (AvgIpc) is 2.38. The van der Waals surface area contributed by atoms with Crippen molar-refractivity contribution in [1.82, 2.24) is 4.90 Å². The van der Waals surface area contributed by atoms with Crippen LogP contribution < -0.4 is 4.90 Å². The van der Waals surface area contributed by atoms with E-state index in [4.69, 9.17) is 5.26 Å². The van der Waals surface area contributed by atoms with E-state index >= 15 is 0 Å². The topological polar surface area (TPSA) is 30.3 Å². The Morgan fingerprint density at radius 2 is 1.83 bits per heavy atom. The molecule has 1 aromatic carbocycles. The van der Waals surface area contributed by atoms with Gasteiger partial charge in [-0.3, -0.25) is 4.90 Å². The molecular weight excluding hydrogens is 229 g/mol. The fraction of sp³-hybridized carbons (Fsp3) is 0.500. The third-order valence-electron chi connectivity index (χ3n) is 3.42. The molecule has 3 nitrogen and oxygen atoms in total. The maximum atomic E-state index is 13.4. The van der Waals surface area contributed by atoms with Gasteiger partial charge >= 0.3 is 0 Å². The van der Waals surface area contributed by atoms with Gasteiger partial charge in [0, 0.05) is 37.9 Å². The van der Waals surface area contributed by atoms with Crippen molar-refractivity contribution in [3.8, 4) is 6.07 Å². The van der Waals surface area contributed by atoms with Gasteiger partial charge in [0.1, 0.15) is 5.82 Å². The summed E-state index contributed by atoms with van der Waals surface area (Å²) in [5.41, 5.74) is 1.20. The van der Waals surface area contributed by atoms with Crippen molar-refractivity contribution >= 4 is 5.69 Å². The molecule has 2 rings (SSSR count). The highest BCUT2D eigenvalue weighted by Gasteiger charge is 2.19. The van der Waals surface area contributed by atoms with Crippen LogP contribution in [0.3, 0.4) is 0 Å². The number of halogens is 1. The van der Waals surface area contributed by atoms with Gasteiger partial charge in [0.2, 0.25) is 0 Å². The molecule has 0 radical (unpaired) electrons. The fourth-order valence-corrected chi connectivity index (χ4v) is 2.32. The summed E-state index contributed by atoms with van der Waals surface area (Å²) < 4.78 is 13.4. The Balaban J connectivity index is 2.10. The minimum Gasteiger partial charge on any atom is -0.369 e. The zero-order valence-electron chi connectivity index (χ0n) is 10.9. The van der Waals surface area contributed by atoms with Gasteiger partial charge in [-0.1, -0.05) is 0 Å². The van der Waals surface area contributed by atoms with Crippen molar-refractivity contribution < 1.29 is 4.39 Å². The van der Waals surface area contributed by atoms with Crippen molar-refractivity contribution in [2.45, 2.75) is 19.9 Å². The van der Waals surface area contributed by atoms with Gasteiger partial charge < -0.3 is 4.90 Å². The van der Waals surface area contributed by atoms with Gasteiger partial charge in [-0.05, 0) is 32.0 Å². The lowest BCUT2D eigenvalue weighted by Crippen LogP contribution is -2.48. The predicted molar refractivity (Wildman–Crippen MR) is 70.0 cm³/mol. The quantitative estimate of drug-likeness (QED) is 0.803. The largest absolute Gasteiger partial charge is 0.369 e. The summed E-state index contributed by atoms with van der Waals surface area (Å²) in [6, 6.07) is 7.08. The molecule has 0 spiro atoms. The lowest BCUT2D eigenvalue weighted by Gasteiger charge is -2.38. The first-order valence-electron chi connectivity index (χ1n) is 6.30. The zero-order valence-corrected chi connectivity index (χ0v) is 10.9. The van der Waals surface area contributed by atoms with E-state index < -0.39 is 0 Å². The summed E-state index contributed by atoms with van der Waals surface area (Å²) in [6.45, 7) is 8.10. The van der Waals surface area contributed by atoms with E-state index in [9.17, 15) is 4.39 Å². The average molecular weight is 247 g/mol. The van der Waals surface area contributed by atoms with Crippen molar-refractivity contribution in [2.75, 3.05) is 31.1 Å². The van der Waals surface area contributed by atoms with E-state index in [1.54, 1.807) is 6.07 Å². The molecule has 18 heavy (non-hydrogen) atoms. The number of anilines is 1. The summed E-state index contributed by atoms with van der Waals surface area (Å²) >= 11 is 0. The Morgan fingerprint density at radius 3 is 2.39 bits per heavy atom. The maximum absolute atomic E-state index is 13.4. The van der Waals surface area contributed by atoms with E-state index in [1.165, 1.54) is 12.1 Å². The second-order valence-electron chi connectivity index (χ2n) is 4.93. The van der Waals surface area contributed by atoms with Crippen LogP contribution in [0.4, 0.5) is 10.1 Å². The first kappa shape index (κ1) is 12.8. The molecule has 96 valence electrons. The number of nitriles is 1. The van der Waals surface area contributed by atoms with Gasteiger partial charge in [-0.2, -0.15) is 5.26 Å².